The highest BCUT2D eigenvalue weighted by Crippen LogP contribution is 2.21. The van der Waals surface area contributed by atoms with Gasteiger partial charge in [-0.25, -0.2) is 9.37 Å². The van der Waals surface area contributed by atoms with E-state index in [0.29, 0.717) is 11.5 Å². The molecule has 0 spiro atoms. The fourth-order valence-corrected chi connectivity index (χ4v) is 2.74. The molecule has 0 atom stereocenters. The van der Waals surface area contributed by atoms with Gasteiger partial charge in [0.25, 0.3) is 0 Å². The molecule has 1 aromatic carbocycles. The van der Waals surface area contributed by atoms with Gasteiger partial charge in [-0.15, -0.1) is 0 Å². The Bertz CT molecular complexity index is 636. The quantitative estimate of drug-likeness (QED) is 0.928. The van der Waals surface area contributed by atoms with Crippen LogP contribution in [0.5, 0.6) is 0 Å². The Balaban J connectivity index is 1.82. The van der Waals surface area contributed by atoms with Gasteiger partial charge in [-0.1, -0.05) is 18.9 Å². The third-order valence-corrected chi connectivity index (χ3v) is 3.83. The number of nitrogens with one attached hydrogen (secondary N) is 1. The first-order valence-corrected chi connectivity index (χ1v) is 7.84. The molecule has 0 saturated carbocycles. The number of nitrogens with zero attached hydrogens (tertiary/aromatic N) is 3. The molecule has 2 heterocycles. The summed E-state index contributed by atoms with van der Waals surface area (Å²) in [6.45, 7) is 3.96. The van der Waals surface area contributed by atoms with Gasteiger partial charge in [0.05, 0.1) is 0 Å². The summed E-state index contributed by atoms with van der Waals surface area (Å²) in [5, 5.41) is 3.16. The molecule has 0 aliphatic carbocycles. The lowest BCUT2D eigenvalue weighted by Gasteiger charge is -2.21. The molecule has 1 aromatic heterocycles. The molecule has 0 unspecified atom stereocenters. The molecule has 5 heteroatoms. The summed E-state index contributed by atoms with van der Waals surface area (Å²) in [4.78, 5) is 11.4. The van der Waals surface area contributed by atoms with Crippen LogP contribution in [0.3, 0.4) is 0 Å². The molecule has 1 fully saturated rings. The lowest BCUT2D eigenvalue weighted by atomic mass is 10.2. The van der Waals surface area contributed by atoms with Crippen LogP contribution in [-0.2, 0) is 0 Å². The van der Waals surface area contributed by atoms with Crippen molar-refractivity contribution >= 4 is 17.5 Å². The van der Waals surface area contributed by atoms with Crippen molar-refractivity contribution < 1.29 is 4.39 Å². The van der Waals surface area contributed by atoms with Crippen molar-refractivity contribution in [1.82, 2.24) is 9.97 Å². The van der Waals surface area contributed by atoms with Crippen LogP contribution in [0.25, 0.3) is 0 Å². The molecule has 1 saturated heterocycles. The van der Waals surface area contributed by atoms with Crippen LogP contribution < -0.4 is 10.2 Å². The van der Waals surface area contributed by atoms with E-state index < -0.39 is 0 Å². The number of benzene rings is 1. The average molecular weight is 300 g/mol. The van der Waals surface area contributed by atoms with E-state index in [0.717, 1.165) is 24.7 Å². The molecule has 2 aromatic rings. The average Bonchev–Trinajstić information content (AvgIpc) is 2.75. The Morgan fingerprint density at radius 3 is 2.55 bits per heavy atom. The summed E-state index contributed by atoms with van der Waals surface area (Å²) in [7, 11) is 0. The number of hydrogen-bond donors (Lipinski definition) is 1. The molecule has 3 rings (SSSR count). The van der Waals surface area contributed by atoms with Gasteiger partial charge < -0.3 is 10.2 Å². The lowest BCUT2D eigenvalue weighted by molar-refractivity contribution is 0.628. The largest absolute Gasteiger partial charge is 0.341 e. The summed E-state index contributed by atoms with van der Waals surface area (Å²) < 4.78 is 13.3. The molecular weight excluding hydrogens is 279 g/mol. The number of rotatable bonds is 3. The summed E-state index contributed by atoms with van der Waals surface area (Å²) >= 11 is 0. The van der Waals surface area contributed by atoms with Gasteiger partial charge in [-0.05, 0) is 38.0 Å². The monoisotopic (exact) mass is 300 g/mol. The fourth-order valence-electron chi connectivity index (χ4n) is 2.74. The SMILES string of the molecule is Cc1cc(Nc2cccc(F)c2)nc(N2CCCCCC2)n1. The summed E-state index contributed by atoms with van der Waals surface area (Å²) in [6.07, 6.45) is 4.92. The van der Waals surface area contributed by atoms with Gasteiger partial charge in [0.1, 0.15) is 11.6 Å². The first-order chi connectivity index (χ1) is 10.7. The normalized spacial score (nSPS) is 15.5. The second-order valence-electron chi connectivity index (χ2n) is 5.73. The van der Waals surface area contributed by atoms with Crippen LogP contribution >= 0.6 is 0 Å². The molecular formula is C17H21FN4. The van der Waals surface area contributed by atoms with Crippen LogP contribution in [-0.4, -0.2) is 23.1 Å². The van der Waals surface area contributed by atoms with Gasteiger partial charge in [0, 0.05) is 30.5 Å². The van der Waals surface area contributed by atoms with Crippen molar-refractivity contribution in [3.05, 3.63) is 41.8 Å². The molecule has 4 nitrogen and oxygen atoms in total. The maximum absolute atomic E-state index is 13.3. The Kier molecular flexibility index (Phi) is 4.51. The summed E-state index contributed by atoms with van der Waals surface area (Å²) in [5.41, 5.74) is 1.60. The first-order valence-electron chi connectivity index (χ1n) is 7.84. The number of halogens is 1. The second kappa shape index (κ2) is 6.73. The fraction of sp³-hybridized carbons (Fsp3) is 0.412. The summed E-state index contributed by atoms with van der Waals surface area (Å²) in [5.74, 6) is 1.21. The van der Waals surface area contributed by atoms with Crippen molar-refractivity contribution in [2.45, 2.75) is 32.6 Å². The Morgan fingerprint density at radius 1 is 1.05 bits per heavy atom. The Hall–Kier alpha value is -2.17. The Labute approximate surface area is 130 Å². The van der Waals surface area contributed by atoms with Gasteiger partial charge in [-0.3, -0.25) is 0 Å². The van der Waals surface area contributed by atoms with Crippen molar-refractivity contribution in [2.24, 2.45) is 0 Å². The maximum Gasteiger partial charge on any atom is 0.227 e. The standard InChI is InChI=1S/C17H21FN4/c1-13-11-16(20-15-8-6-7-14(18)12-15)21-17(19-13)22-9-4-2-3-5-10-22/h6-8,11-12H,2-5,9-10H2,1H3,(H,19,20,21). The predicted molar refractivity (Wildman–Crippen MR) is 87.1 cm³/mol. The van der Waals surface area contributed by atoms with Gasteiger partial charge in [-0.2, -0.15) is 4.98 Å². The molecule has 116 valence electrons. The molecule has 0 bridgehead atoms. The molecule has 0 amide bonds. The van der Waals surface area contributed by atoms with E-state index in [1.807, 2.05) is 19.1 Å². The van der Waals surface area contributed by atoms with E-state index in [2.05, 4.69) is 20.2 Å². The third-order valence-electron chi connectivity index (χ3n) is 3.83. The van der Waals surface area contributed by atoms with E-state index in [1.165, 1.54) is 37.8 Å². The molecule has 1 aliphatic rings. The number of aromatic nitrogens is 2. The number of aryl methyl sites for hydroxylation is 1. The smallest absolute Gasteiger partial charge is 0.227 e. The zero-order chi connectivity index (χ0) is 15.4. The molecule has 0 radical (unpaired) electrons. The zero-order valence-electron chi connectivity index (χ0n) is 12.8. The highest BCUT2D eigenvalue weighted by Gasteiger charge is 2.13. The van der Waals surface area contributed by atoms with Crippen LogP contribution in [0.2, 0.25) is 0 Å². The minimum Gasteiger partial charge on any atom is -0.341 e. The summed E-state index contributed by atoms with van der Waals surface area (Å²) in [6, 6.07) is 8.28. The van der Waals surface area contributed by atoms with Crippen LogP contribution in [0.1, 0.15) is 31.4 Å². The molecule has 1 N–H and O–H groups in total. The lowest BCUT2D eigenvalue weighted by Crippen LogP contribution is -2.26. The highest BCUT2D eigenvalue weighted by molar-refractivity contribution is 5.57. The van der Waals surface area contributed by atoms with Crippen molar-refractivity contribution in [1.29, 1.82) is 0 Å². The van der Waals surface area contributed by atoms with E-state index in [9.17, 15) is 4.39 Å². The van der Waals surface area contributed by atoms with Crippen LogP contribution in [0.4, 0.5) is 21.8 Å². The second-order valence-corrected chi connectivity index (χ2v) is 5.73. The van der Waals surface area contributed by atoms with Crippen molar-refractivity contribution in [3.8, 4) is 0 Å². The molecule has 1 aliphatic heterocycles. The minimum atomic E-state index is -0.261. The number of anilines is 3. The highest BCUT2D eigenvalue weighted by atomic mass is 19.1. The van der Waals surface area contributed by atoms with E-state index in [1.54, 1.807) is 6.07 Å². The minimum absolute atomic E-state index is 0.261. The number of hydrogen-bond acceptors (Lipinski definition) is 4. The maximum atomic E-state index is 13.3. The predicted octanol–water partition coefficient (Wildman–Crippen LogP) is 4.05. The van der Waals surface area contributed by atoms with E-state index in [-0.39, 0.29) is 5.82 Å². The van der Waals surface area contributed by atoms with E-state index >= 15 is 0 Å². The third kappa shape index (κ3) is 3.72. The van der Waals surface area contributed by atoms with Gasteiger partial charge in [0.15, 0.2) is 0 Å². The van der Waals surface area contributed by atoms with Crippen molar-refractivity contribution in [2.75, 3.05) is 23.3 Å². The van der Waals surface area contributed by atoms with E-state index in [4.69, 9.17) is 0 Å². The first kappa shape index (κ1) is 14.8. The molecule has 22 heavy (non-hydrogen) atoms. The van der Waals surface area contributed by atoms with Crippen molar-refractivity contribution in [3.63, 3.8) is 0 Å². The van der Waals surface area contributed by atoms with Crippen LogP contribution in [0, 0.1) is 12.7 Å². The van der Waals surface area contributed by atoms with Gasteiger partial charge >= 0.3 is 0 Å². The van der Waals surface area contributed by atoms with Crippen LogP contribution in [0.15, 0.2) is 30.3 Å². The Morgan fingerprint density at radius 2 is 1.82 bits per heavy atom. The van der Waals surface area contributed by atoms with Gasteiger partial charge in [0.2, 0.25) is 5.95 Å². The zero-order valence-corrected chi connectivity index (χ0v) is 12.8. The topological polar surface area (TPSA) is 41.1 Å².